The van der Waals surface area contributed by atoms with Gasteiger partial charge in [0.05, 0.1) is 6.10 Å². The molecule has 0 saturated carbocycles. The van der Waals surface area contributed by atoms with E-state index < -0.39 is 0 Å². The third-order valence-electron chi connectivity index (χ3n) is 3.81. The molecule has 1 fully saturated rings. The Morgan fingerprint density at radius 2 is 1.89 bits per heavy atom. The topological polar surface area (TPSA) is 9.23 Å². The number of thioether (sulfide) groups is 1. The zero-order chi connectivity index (χ0) is 12.9. The van der Waals surface area contributed by atoms with Crippen molar-refractivity contribution in [2.24, 2.45) is 5.92 Å². The van der Waals surface area contributed by atoms with Gasteiger partial charge in [0.25, 0.3) is 0 Å². The molecule has 0 amide bonds. The number of rotatable bonds is 5. The molecule has 3 atom stereocenters. The molecule has 1 heterocycles. The maximum atomic E-state index is 5.58. The van der Waals surface area contributed by atoms with Gasteiger partial charge in [-0.2, -0.15) is 0 Å². The Morgan fingerprint density at radius 1 is 1.11 bits per heavy atom. The van der Waals surface area contributed by atoms with Gasteiger partial charge < -0.3 is 4.74 Å². The molecule has 1 aromatic rings. The van der Waals surface area contributed by atoms with Gasteiger partial charge in [-0.1, -0.05) is 54.6 Å². The van der Waals surface area contributed by atoms with Crippen molar-refractivity contribution in [2.45, 2.75) is 29.9 Å². The van der Waals surface area contributed by atoms with Gasteiger partial charge in [0.2, 0.25) is 0 Å². The molecule has 2 aliphatic rings. The van der Waals surface area contributed by atoms with E-state index in [0.29, 0.717) is 17.3 Å². The van der Waals surface area contributed by atoms with Crippen LogP contribution >= 0.6 is 11.8 Å². The summed E-state index contributed by atoms with van der Waals surface area (Å²) >= 11 is 2.04. The number of ether oxygens (including phenoxy) is 1. The Balaban J connectivity index is 1.55. The molecule has 1 aromatic carbocycles. The summed E-state index contributed by atoms with van der Waals surface area (Å²) in [4.78, 5) is 0. The minimum absolute atomic E-state index is 0.501. The van der Waals surface area contributed by atoms with Crippen molar-refractivity contribution in [2.75, 3.05) is 6.61 Å². The predicted molar refractivity (Wildman–Crippen MR) is 82.3 cm³/mol. The number of benzene rings is 1. The van der Waals surface area contributed by atoms with Crippen LogP contribution in [0.5, 0.6) is 0 Å². The highest BCUT2D eigenvalue weighted by Crippen LogP contribution is 2.33. The van der Waals surface area contributed by atoms with Crippen LogP contribution in [-0.2, 0) is 10.5 Å². The van der Waals surface area contributed by atoms with E-state index in [4.69, 9.17) is 4.74 Å². The first-order chi connectivity index (χ1) is 9.42. The Hall–Kier alpha value is -0.990. The summed E-state index contributed by atoms with van der Waals surface area (Å²) < 4.78 is 5.58. The summed E-state index contributed by atoms with van der Waals surface area (Å²) in [7, 11) is 0. The quantitative estimate of drug-likeness (QED) is 0.794. The minimum Gasteiger partial charge on any atom is -0.378 e. The van der Waals surface area contributed by atoms with Crippen LogP contribution in [0.2, 0.25) is 0 Å². The molecule has 1 nitrogen and oxygen atoms in total. The summed E-state index contributed by atoms with van der Waals surface area (Å²) in [5, 5.41) is 0.592. The fraction of sp³-hybridized carbons (Fsp3) is 0.412. The minimum atomic E-state index is 0.501. The SMILES string of the molecule is C1=CC(SCc2ccccc2)[C@@H](CC2CCO2)C=C1. The van der Waals surface area contributed by atoms with Crippen LogP contribution in [0.25, 0.3) is 0 Å². The third-order valence-corrected chi connectivity index (χ3v) is 5.20. The van der Waals surface area contributed by atoms with Crippen LogP contribution in [0.15, 0.2) is 54.6 Å². The standard InChI is InChI=1S/C17H20OS/c1-2-6-14(7-3-1)13-19-17-9-5-4-8-15(17)12-16-10-11-18-16/h1-9,15-17H,10-13H2/t15-,16?,17?/m1/s1. The normalized spacial score (nSPS) is 29.2. The maximum Gasteiger partial charge on any atom is 0.0603 e. The molecule has 1 aliphatic heterocycles. The van der Waals surface area contributed by atoms with Crippen molar-refractivity contribution in [3.05, 3.63) is 60.2 Å². The van der Waals surface area contributed by atoms with Crippen LogP contribution in [0.3, 0.4) is 0 Å². The predicted octanol–water partition coefficient (Wildman–Crippen LogP) is 4.21. The molecule has 2 unspecified atom stereocenters. The first kappa shape index (κ1) is 13.0. The van der Waals surface area contributed by atoms with Crippen LogP contribution in [0.1, 0.15) is 18.4 Å². The van der Waals surface area contributed by atoms with Gasteiger partial charge in [0.15, 0.2) is 0 Å². The molecule has 1 saturated heterocycles. The first-order valence-corrected chi connectivity index (χ1v) is 8.09. The largest absolute Gasteiger partial charge is 0.378 e. The van der Waals surface area contributed by atoms with Gasteiger partial charge in [0, 0.05) is 17.6 Å². The van der Waals surface area contributed by atoms with Gasteiger partial charge in [-0.3, -0.25) is 0 Å². The summed E-state index contributed by atoms with van der Waals surface area (Å²) in [5.74, 6) is 1.72. The van der Waals surface area contributed by atoms with Crippen molar-refractivity contribution in [3.8, 4) is 0 Å². The highest BCUT2D eigenvalue weighted by atomic mass is 32.2. The zero-order valence-electron chi connectivity index (χ0n) is 11.1. The molecule has 0 radical (unpaired) electrons. The zero-order valence-corrected chi connectivity index (χ0v) is 11.9. The van der Waals surface area contributed by atoms with Crippen molar-refractivity contribution in [3.63, 3.8) is 0 Å². The molecule has 100 valence electrons. The van der Waals surface area contributed by atoms with Crippen LogP contribution in [0.4, 0.5) is 0 Å². The Labute approximate surface area is 119 Å². The van der Waals surface area contributed by atoms with Crippen molar-refractivity contribution in [1.29, 1.82) is 0 Å². The van der Waals surface area contributed by atoms with E-state index in [-0.39, 0.29) is 0 Å². The fourth-order valence-electron chi connectivity index (χ4n) is 2.57. The van der Waals surface area contributed by atoms with E-state index in [1.807, 2.05) is 11.8 Å². The van der Waals surface area contributed by atoms with E-state index in [0.717, 1.165) is 12.4 Å². The van der Waals surface area contributed by atoms with Crippen LogP contribution in [0, 0.1) is 5.92 Å². The van der Waals surface area contributed by atoms with E-state index in [2.05, 4.69) is 54.6 Å². The number of hydrogen-bond acceptors (Lipinski definition) is 2. The molecule has 3 rings (SSSR count). The maximum absolute atomic E-state index is 5.58. The monoisotopic (exact) mass is 272 g/mol. The van der Waals surface area contributed by atoms with Gasteiger partial charge in [0.1, 0.15) is 0 Å². The highest BCUT2D eigenvalue weighted by molar-refractivity contribution is 7.99. The summed E-state index contributed by atoms with van der Waals surface area (Å²) in [6.45, 7) is 0.957. The summed E-state index contributed by atoms with van der Waals surface area (Å²) in [6.07, 6.45) is 12.0. The molecule has 0 spiro atoms. The van der Waals surface area contributed by atoms with E-state index in [9.17, 15) is 0 Å². The van der Waals surface area contributed by atoms with Crippen LogP contribution < -0.4 is 0 Å². The molecule has 0 bridgehead atoms. The van der Waals surface area contributed by atoms with E-state index >= 15 is 0 Å². The van der Waals surface area contributed by atoms with Gasteiger partial charge >= 0.3 is 0 Å². The molecule has 0 aromatic heterocycles. The molecule has 2 heteroatoms. The Bertz CT molecular complexity index is 448. The molecular weight excluding hydrogens is 252 g/mol. The molecular formula is C17H20OS. The average molecular weight is 272 g/mol. The van der Waals surface area contributed by atoms with Gasteiger partial charge in [-0.15, -0.1) is 11.8 Å². The fourth-order valence-corrected chi connectivity index (χ4v) is 3.79. The van der Waals surface area contributed by atoms with Gasteiger partial charge in [-0.05, 0) is 24.3 Å². The lowest BCUT2D eigenvalue weighted by Gasteiger charge is -2.32. The smallest absolute Gasteiger partial charge is 0.0603 e. The molecule has 19 heavy (non-hydrogen) atoms. The average Bonchev–Trinajstić information content (AvgIpc) is 2.43. The second kappa shape index (κ2) is 6.44. The highest BCUT2D eigenvalue weighted by Gasteiger charge is 2.26. The summed E-state index contributed by atoms with van der Waals surface area (Å²) in [5.41, 5.74) is 1.41. The summed E-state index contributed by atoms with van der Waals surface area (Å²) in [6, 6.07) is 10.7. The van der Waals surface area contributed by atoms with E-state index in [1.54, 1.807) is 0 Å². The Morgan fingerprint density at radius 3 is 2.63 bits per heavy atom. The number of hydrogen-bond donors (Lipinski definition) is 0. The molecule has 0 N–H and O–H groups in total. The van der Waals surface area contributed by atoms with E-state index in [1.165, 1.54) is 18.4 Å². The second-order valence-electron chi connectivity index (χ2n) is 5.21. The van der Waals surface area contributed by atoms with Gasteiger partial charge in [-0.25, -0.2) is 0 Å². The van der Waals surface area contributed by atoms with Crippen molar-refractivity contribution >= 4 is 11.8 Å². The lowest BCUT2D eigenvalue weighted by atomic mass is 9.91. The number of allylic oxidation sites excluding steroid dienone is 3. The lowest BCUT2D eigenvalue weighted by molar-refractivity contribution is -0.0595. The third kappa shape index (κ3) is 3.52. The molecule has 1 aliphatic carbocycles. The van der Waals surface area contributed by atoms with Crippen molar-refractivity contribution < 1.29 is 4.74 Å². The second-order valence-corrected chi connectivity index (χ2v) is 6.38. The lowest BCUT2D eigenvalue weighted by Crippen LogP contribution is -2.31. The Kier molecular flexibility index (Phi) is 4.41. The first-order valence-electron chi connectivity index (χ1n) is 7.04. The van der Waals surface area contributed by atoms with Crippen molar-refractivity contribution in [1.82, 2.24) is 0 Å². The van der Waals surface area contributed by atoms with Crippen LogP contribution in [-0.4, -0.2) is 18.0 Å².